The van der Waals surface area contributed by atoms with Crippen LogP contribution in [0.2, 0.25) is 5.02 Å². The summed E-state index contributed by atoms with van der Waals surface area (Å²) in [5.41, 5.74) is 3.22. The first-order valence-corrected chi connectivity index (χ1v) is 7.39. The Bertz CT molecular complexity index is 946. The topological polar surface area (TPSA) is 67.6 Å². The molecule has 0 fully saturated rings. The first kappa shape index (κ1) is 13.7. The third-order valence-corrected chi connectivity index (χ3v) is 3.75. The predicted molar refractivity (Wildman–Crippen MR) is 87.8 cm³/mol. The van der Waals surface area contributed by atoms with Crippen LogP contribution in [0.4, 0.5) is 0 Å². The molecule has 23 heavy (non-hydrogen) atoms. The Balaban J connectivity index is 1.68. The molecule has 112 valence electrons. The molecule has 0 aliphatic carbocycles. The van der Waals surface area contributed by atoms with Crippen LogP contribution in [0.25, 0.3) is 34.2 Å². The fraction of sp³-hybridized carbons (Fsp3) is 0. The number of halogens is 1. The van der Waals surface area contributed by atoms with Crippen LogP contribution in [-0.2, 0) is 0 Å². The summed E-state index contributed by atoms with van der Waals surface area (Å²) >= 11 is 6.16. The molecule has 1 N–H and O–H groups in total. The molecule has 2 aromatic carbocycles. The summed E-state index contributed by atoms with van der Waals surface area (Å²) in [4.78, 5) is 4.39. The molecule has 0 saturated heterocycles. The van der Waals surface area contributed by atoms with E-state index in [1.54, 1.807) is 6.07 Å². The molecule has 0 saturated carbocycles. The van der Waals surface area contributed by atoms with Crippen molar-refractivity contribution in [1.82, 2.24) is 20.3 Å². The van der Waals surface area contributed by atoms with E-state index in [-0.39, 0.29) is 0 Å². The highest BCUT2D eigenvalue weighted by molar-refractivity contribution is 6.33. The number of benzene rings is 2. The van der Waals surface area contributed by atoms with Crippen molar-refractivity contribution in [1.29, 1.82) is 0 Å². The van der Waals surface area contributed by atoms with Gasteiger partial charge in [-0.2, -0.15) is 10.1 Å². The van der Waals surface area contributed by atoms with Gasteiger partial charge in [-0.15, -0.1) is 0 Å². The van der Waals surface area contributed by atoms with E-state index < -0.39 is 0 Å². The van der Waals surface area contributed by atoms with Gasteiger partial charge in [0.15, 0.2) is 0 Å². The molecule has 0 amide bonds. The lowest BCUT2D eigenvalue weighted by Crippen LogP contribution is -1.82. The Morgan fingerprint density at radius 2 is 1.74 bits per heavy atom. The highest BCUT2D eigenvalue weighted by atomic mass is 35.5. The van der Waals surface area contributed by atoms with E-state index in [0.29, 0.717) is 22.4 Å². The van der Waals surface area contributed by atoms with Crippen LogP contribution in [0.1, 0.15) is 0 Å². The Kier molecular flexibility index (Phi) is 3.40. The van der Waals surface area contributed by atoms with Gasteiger partial charge >= 0.3 is 0 Å². The van der Waals surface area contributed by atoms with Gasteiger partial charge in [-0.25, -0.2) is 0 Å². The van der Waals surface area contributed by atoms with Gasteiger partial charge in [0.1, 0.15) is 5.69 Å². The van der Waals surface area contributed by atoms with E-state index in [2.05, 4.69) is 20.3 Å². The molecule has 4 aromatic rings. The van der Waals surface area contributed by atoms with Crippen molar-refractivity contribution in [3.05, 3.63) is 65.7 Å². The van der Waals surface area contributed by atoms with Crippen LogP contribution in [0.5, 0.6) is 0 Å². The Morgan fingerprint density at radius 1 is 0.957 bits per heavy atom. The van der Waals surface area contributed by atoms with E-state index in [9.17, 15) is 0 Å². The SMILES string of the molecule is Clc1ccccc1-c1noc(-c2cc(-c3ccccc3)n[nH]2)n1. The maximum absolute atomic E-state index is 6.16. The lowest BCUT2D eigenvalue weighted by atomic mass is 10.1. The van der Waals surface area contributed by atoms with Crippen molar-refractivity contribution in [2.75, 3.05) is 0 Å². The number of aromatic amines is 1. The zero-order chi connectivity index (χ0) is 15.6. The van der Waals surface area contributed by atoms with E-state index >= 15 is 0 Å². The molecule has 0 spiro atoms. The van der Waals surface area contributed by atoms with Gasteiger partial charge in [0.25, 0.3) is 5.89 Å². The second-order valence-electron chi connectivity index (χ2n) is 4.94. The van der Waals surface area contributed by atoms with E-state index in [1.165, 1.54) is 0 Å². The molecule has 4 rings (SSSR count). The van der Waals surface area contributed by atoms with Gasteiger partial charge in [0, 0.05) is 11.1 Å². The Morgan fingerprint density at radius 3 is 2.57 bits per heavy atom. The lowest BCUT2D eigenvalue weighted by Gasteiger charge is -1.95. The number of hydrogen-bond acceptors (Lipinski definition) is 4. The minimum atomic E-state index is 0.370. The number of H-pyrrole nitrogens is 1. The molecule has 0 aliphatic heterocycles. The summed E-state index contributed by atoms with van der Waals surface area (Å²) in [6, 6.07) is 19.1. The summed E-state index contributed by atoms with van der Waals surface area (Å²) in [6.07, 6.45) is 0. The van der Waals surface area contributed by atoms with Gasteiger partial charge < -0.3 is 4.52 Å². The van der Waals surface area contributed by atoms with Crippen LogP contribution in [0.3, 0.4) is 0 Å². The molecular formula is C17H11ClN4O. The summed E-state index contributed by atoms with van der Waals surface area (Å²) in [5, 5.41) is 11.8. The van der Waals surface area contributed by atoms with Crippen molar-refractivity contribution in [3.8, 4) is 34.2 Å². The molecule has 0 radical (unpaired) electrons. The fourth-order valence-electron chi connectivity index (χ4n) is 2.27. The predicted octanol–water partition coefficient (Wildman–Crippen LogP) is 4.45. The number of nitrogens with one attached hydrogen (secondary N) is 1. The summed E-state index contributed by atoms with van der Waals surface area (Å²) in [5.74, 6) is 0.816. The Labute approximate surface area is 136 Å². The molecule has 6 heteroatoms. The molecule has 5 nitrogen and oxygen atoms in total. The average Bonchev–Trinajstić information content (AvgIpc) is 3.25. The molecule has 2 aromatic heterocycles. The van der Waals surface area contributed by atoms with Gasteiger partial charge in [-0.3, -0.25) is 5.10 Å². The van der Waals surface area contributed by atoms with Crippen LogP contribution in [0.15, 0.2) is 65.2 Å². The first-order valence-electron chi connectivity index (χ1n) is 7.01. The third-order valence-electron chi connectivity index (χ3n) is 3.42. The molecule has 0 unspecified atom stereocenters. The summed E-state index contributed by atoms with van der Waals surface area (Å²) < 4.78 is 5.32. The molecule has 0 bridgehead atoms. The van der Waals surface area contributed by atoms with Crippen LogP contribution < -0.4 is 0 Å². The normalized spacial score (nSPS) is 10.8. The number of rotatable bonds is 3. The molecule has 2 heterocycles. The summed E-state index contributed by atoms with van der Waals surface area (Å²) in [6.45, 7) is 0. The largest absolute Gasteiger partial charge is 0.332 e. The zero-order valence-electron chi connectivity index (χ0n) is 11.9. The second kappa shape index (κ2) is 5.70. The third kappa shape index (κ3) is 2.62. The van der Waals surface area contributed by atoms with E-state index in [4.69, 9.17) is 16.1 Å². The number of aromatic nitrogens is 4. The highest BCUT2D eigenvalue weighted by Crippen LogP contribution is 2.28. The van der Waals surface area contributed by atoms with Crippen LogP contribution >= 0.6 is 11.6 Å². The average molecular weight is 323 g/mol. The molecule has 0 atom stereocenters. The van der Waals surface area contributed by atoms with E-state index in [1.807, 2.05) is 54.6 Å². The second-order valence-corrected chi connectivity index (χ2v) is 5.34. The smallest absolute Gasteiger partial charge is 0.276 e. The highest BCUT2D eigenvalue weighted by Gasteiger charge is 2.15. The monoisotopic (exact) mass is 322 g/mol. The molecular weight excluding hydrogens is 312 g/mol. The number of nitrogens with zero attached hydrogens (tertiary/aromatic N) is 3. The van der Waals surface area contributed by atoms with Crippen molar-refractivity contribution in [3.63, 3.8) is 0 Å². The number of hydrogen-bond donors (Lipinski definition) is 1. The maximum atomic E-state index is 6.16. The minimum Gasteiger partial charge on any atom is -0.332 e. The van der Waals surface area contributed by atoms with Crippen LogP contribution in [-0.4, -0.2) is 20.3 Å². The van der Waals surface area contributed by atoms with Crippen molar-refractivity contribution < 1.29 is 4.52 Å². The zero-order valence-corrected chi connectivity index (χ0v) is 12.7. The summed E-state index contributed by atoms with van der Waals surface area (Å²) in [7, 11) is 0. The standard InChI is InChI=1S/C17H11ClN4O/c18-13-9-5-4-8-12(13)16-19-17(23-22-16)15-10-14(20-21-15)11-6-2-1-3-7-11/h1-10H,(H,20,21). The lowest BCUT2D eigenvalue weighted by molar-refractivity contribution is 0.431. The van der Waals surface area contributed by atoms with Gasteiger partial charge in [0.05, 0.1) is 10.7 Å². The van der Waals surface area contributed by atoms with Crippen molar-refractivity contribution in [2.24, 2.45) is 0 Å². The van der Waals surface area contributed by atoms with Crippen molar-refractivity contribution in [2.45, 2.75) is 0 Å². The molecule has 0 aliphatic rings. The minimum absolute atomic E-state index is 0.370. The van der Waals surface area contributed by atoms with Gasteiger partial charge in [-0.1, -0.05) is 59.2 Å². The van der Waals surface area contributed by atoms with Gasteiger partial charge in [0.2, 0.25) is 5.82 Å². The fourth-order valence-corrected chi connectivity index (χ4v) is 2.49. The van der Waals surface area contributed by atoms with Gasteiger partial charge in [-0.05, 0) is 18.2 Å². The Hall–Kier alpha value is -2.92. The maximum Gasteiger partial charge on any atom is 0.276 e. The quantitative estimate of drug-likeness (QED) is 0.605. The first-order chi connectivity index (χ1) is 11.3. The van der Waals surface area contributed by atoms with E-state index in [0.717, 1.165) is 16.8 Å². The van der Waals surface area contributed by atoms with Crippen LogP contribution in [0, 0.1) is 0 Å². The van der Waals surface area contributed by atoms with Crippen molar-refractivity contribution >= 4 is 11.6 Å².